The number of quaternary nitrogens is 1. The van der Waals surface area contributed by atoms with E-state index in [1.807, 2.05) is 27.2 Å². The quantitative estimate of drug-likeness (QED) is 0.0272. The van der Waals surface area contributed by atoms with Gasteiger partial charge in [-0.05, 0) is 116 Å². The molecule has 0 aliphatic heterocycles. The number of allylic oxidation sites excluding steroid dienone is 25. The van der Waals surface area contributed by atoms with Gasteiger partial charge in [0, 0.05) is 6.42 Å². The van der Waals surface area contributed by atoms with Crippen molar-refractivity contribution in [1.29, 1.82) is 0 Å². The number of nitrogens with one attached hydrogen (secondary N) is 1. The van der Waals surface area contributed by atoms with Gasteiger partial charge < -0.3 is 28.8 Å². The minimum atomic E-state index is -4.63. The molecule has 1 amide bonds. The largest absolute Gasteiger partial charge is 0.756 e. The molecule has 8 nitrogen and oxygen atoms in total. The molecule has 0 spiro atoms. The van der Waals surface area contributed by atoms with Gasteiger partial charge in [-0.1, -0.05) is 326 Å². The van der Waals surface area contributed by atoms with Crippen LogP contribution in [0.2, 0.25) is 0 Å². The Morgan fingerprint density at radius 2 is 0.697 bits per heavy atom. The molecule has 0 aromatic rings. The molecule has 0 aromatic carbocycles. The number of phosphoric ester groups is 1. The molecule has 3 atom stereocenters. The molecule has 0 saturated carbocycles. The highest BCUT2D eigenvalue weighted by Gasteiger charge is 2.23. The molecule has 0 aromatic heterocycles. The molecular weight excluding hydrogens is 1120 g/mol. The summed E-state index contributed by atoms with van der Waals surface area (Å²) in [7, 11) is 1.21. The first-order valence-corrected chi connectivity index (χ1v) is 37.8. The second kappa shape index (κ2) is 68.5. The van der Waals surface area contributed by atoms with Crippen LogP contribution in [0.3, 0.4) is 0 Å². The van der Waals surface area contributed by atoms with Gasteiger partial charge in [0.1, 0.15) is 13.2 Å². The molecule has 508 valence electrons. The zero-order valence-corrected chi connectivity index (χ0v) is 59.0. The lowest BCUT2D eigenvalue weighted by Crippen LogP contribution is -2.45. The van der Waals surface area contributed by atoms with Crippen LogP contribution in [0.4, 0.5) is 0 Å². The number of likely N-dealkylation sites (N-methyl/N-ethyl adjacent to an activating group) is 1. The fourth-order valence-corrected chi connectivity index (χ4v) is 10.6. The molecule has 0 aliphatic rings. The monoisotopic (exact) mass is 1250 g/mol. The summed E-state index contributed by atoms with van der Waals surface area (Å²) < 4.78 is 23.4. The maximum absolute atomic E-state index is 13.0. The Kier molecular flexibility index (Phi) is 65.5. The van der Waals surface area contributed by atoms with Crippen LogP contribution in [0.1, 0.15) is 290 Å². The molecule has 0 fully saturated rings. The number of nitrogens with zero attached hydrogens (tertiary/aromatic N) is 1. The number of unbranched alkanes of at least 4 members (excludes halogenated alkanes) is 28. The van der Waals surface area contributed by atoms with Gasteiger partial charge >= 0.3 is 0 Å². The van der Waals surface area contributed by atoms with E-state index in [1.54, 1.807) is 6.08 Å². The molecule has 0 saturated heterocycles. The van der Waals surface area contributed by atoms with Crippen LogP contribution in [0.5, 0.6) is 0 Å². The Bertz CT molecular complexity index is 2010. The van der Waals surface area contributed by atoms with Crippen LogP contribution in [0.25, 0.3) is 0 Å². The molecule has 0 heterocycles. The van der Waals surface area contributed by atoms with Gasteiger partial charge in [0.2, 0.25) is 5.91 Å². The fraction of sp³-hybridized carbons (Fsp3) is 0.662. The standard InChI is InChI=1S/C80H137N2O6P/c1-6-8-10-12-14-16-18-20-22-24-26-28-30-32-34-36-37-38-39-40-41-42-43-44-45-46-48-50-52-54-56-58-60-62-64-66-68-70-72-74-80(84)81-78(77-88-89(85,86)87-76-75-82(3,4)5)79(83)73-71-69-67-65-63-61-59-57-55-53-51-49-47-35-33-31-29-27-25-23-21-19-17-15-13-11-9-7-2/h8,10,14,16,20,22,26,28,32,34,37-38,40-41,43-44,46,48,52,54,58,60,63,65,71,73,78-79,83H,6-7,9,11-13,15,17-19,21,23-25,27,29-31,33,35-36,39,42,45,47,49-51,53,55-57,59,61-62,64,66-70,72,74-77H2,1-5H3,(H-,81,84,85,86)/b10-8-,16-14-,22-20-,28-26-,34-32-,38-37-,41-40-,44-43-,48-46-,54-52-,60-58-,65-63+,73-71+. The number of hydrogen-bond acceptors (Lipinski definition) is 6. The van der Waals surface area contributed by atoms with Crippen LogP contribution in [0.15, 0.2) is 158 Å². The third kappa shape index (κ3) is 71.4. The van der Waals surface area contributed by atoms with Gasteiger partial charge in [-0.3, -0.25) is 9.36 Å². The van der Waals surface area contributed by atoms with Crippen LogP contribution in [-0.4, -0.2) is 68.5 Å². The van der Waals surface area contributed by atoms with E-state index in [-0.39, 0.29) is 12.5 Å². The number of carbonyl (C=O) groups excluding carboxylic acids is 1. The third-order valence-corrected chi connectivity index (χ3v) is 16.4. The Hall–Kier alpha value is -3.88. The van der Waals surface area contributed by atoms with Gasteiger partial charge in [-0.25, -0.2) is 0 Å². The maximum atomic E-state index is 13.0. The summed E-state index contributed by atoms with van der Waals surface area (Å²) in [5.41, 5.74) is 0. The minimum absolute atomic E-state index is 0.0185. The summed E-state index contributed by atoms with van der Waals surface area (Å²) >= 11 is 0. The van der Waals surface area contributed by atoms with Gasteiger partial charge in [0.05, 0.1) is 39.9 Å². The number of hydrogen-bond donors (Lipinski definition) is 2. The molecule has 3 unspecified atom stereocenters. The topological polar surface area (TPSA) is 108 Å². The molecule has 0 rings (SSSR count). The van der Waals surface area contributed by atoms with E-state index in [0.29, 0.717) is 17.4 Å². The van der Waals surface area contributed by atoms with Crippen molar-refractivity contribution in [2.24, 2.45) is 0 Å². The smallest absolute Gasteiger partial charge is 0.268 e. The Morgan fingerprint density at radius 1 is 0.404 bits per heavy atom. The molecular formula is C80H137N2O6P. The van der Waals surface area contributed by atoms with Gasteiger partial charge in [-0.15, -0.1) is 0 Å². The Labute approximate surface area is 550 Å². The SMILES string of the molecule is CC/C=C\C/C=C\C/C=C\C/C=C\C/C=C\C/C=C\C/C=C\C/C=C\C/C=C\C/C=C\C/C=C\CCCCCCCC(=O)NC(COP(=O)([O-])OCC[N+](C)(C)C)C(O)/C=C/CC/C=C/CCCCCCCCCCCCCCCCCCCCCCCC. The summed E-state index contributed by atoms with van der Waals surface area (Å²) in [6, 6.07) is -0.928. The summed E-state index contributed by atoms with van der Waals surface area (Å²) in [6.45, 7) is 4.51. The average molecular weight is 1250 g/mol. The molecule has 9 heteroatoms. The van der Waals surface area contributed by atoms with Crippen molar-refractivity contribution in [3.05, 3.63) is 158 Å². The highest BCUT2D eigenvalue weighted by molar-refractivity contribution is 7.45. The van der Waals surface area contributed by atoms with Crippen molar-refractivity contribution < 1.29 is 32.9 Å². The van der Waals surface area contributed by atoms with E-state index in [9.17, 15) is 19.4 Å². The van der Waals surface area contributed by atoms with Gasteiger partial charge in [0.15, 0.2) is 0 Å². The third-order valence-electron chi connectivity index (χ3n) is 15.5. The van der Waals surface area contributed by atoms with E-state index in [4.69, 9.17) is 9.05 Å². The van der Waals surface area contributed by atoms with E-state index in [0.717, 1.165) is 128 Å². The molecule has 89 heavy (non-hydrogen) atoms. The summed E-state index contributed by atoms with van der Waals surface area (Å²) in [6.07, 6.45) is 107. The Balaban J connectivity index is 4.21. The second-order valence-electron chi connectivity index (χ2n) is 25.2. The highest BCUT2D eigenvalue weighted by Crippen LogP contribution is 2.38. The lowest BCUT2D eigenvalue weighted by atomic mass is 10.0. The number of amides is 1. The average Bonchev–Trinajstić information content (AvgIpc) is 3.55. The normalized spacial score (nSPS) is 14.6. The van der Waals surface area contributed by atoms with Crippen molar-refractivity contribution in [1.82, 2.24) is 5.32 Å². The highest BCUT2D eigenvalue weighted by atomic mass is 31.2. The van der Waals surface area contributed by atoms with E-state index in [2.05, 4.69) is 165 Å². The van der Waals surface area contributed by atoms with Crippen LogP contribution < -0.4 is 10.2 Å². The maximum Gasteiger partial charge on any atom is 0.268 e. The minimum Gasteiger partial charge on any atom is -0.756 e. The number of aliphatic hydroxyl groups is 1. The fourth-order valence-electron chi connectivity index (χ4n) is 9.88. The first-order chi connectivity index (χ1) is 43.5. The first-order valence-electron chi connectivity index (χ1n) is 36.3. The van der Waals surface area contributed by atoms with Crippen molar-refractivity contribution in [2.45, 2.75) is 302 Å². The van der Waals surface area contributed by atoms with Crippen molar-refractivity contribution in [3.8, 4) is 0 Å². The number of aliphatic hydroxyl groups excluding tert-OH is 1. The number of phosphoric acid groups is 1. The van der Waals surface area contributed by atoms with Crippen LogP contribution in [0, 0.1) is 0 Å². The summed E-state index contributed by atoms with van der Waals surface area (Å²) in [5, 5.41) is 13.9. The lowest BCUT2D eigenvalue weighted by Gasteiger charge is -2.29. The number of rotatable bonds is 65. The molecule has 0 bridgehead atoms. The Morgan fingerprint density at radius 3 is 1.04 bits per heavy atom. The van der Waals surface area contributed by atoms with Crippen molar-refractivity contribution in [3.63, 3.8) is 0 Å². The molecule has 2 N–H and O–H groups in total. The van der Waals surface area contributed by atoms with E-state index >= 15 is 0 Å². The molecule has 0 radical (unpaired) electrons. The van der Waals surface area contributed by atoms with Gasteiger partial charge in [-0.2, -0.15) is 0 Å². The number of carbonyl (C=O) groups is 1. The second-order valence-corrected chi connectivity index (χ2v) is 26.6. The van der Waals surface area contributed by atoms with Crippen LogP contribution in [-0.2, 0) is 18.4 Å². The van der Waals surface area contributed by atoms with E-state index in [1.165, 1.54) is 141 Å². The summed E-state index contributed by atoms with van der Waals surface area (Å²) in [4.78, 5) is 25.6. The predicted molar refractivity (Wildman–Crippen MR) is 389 cm³/mol. The lowest BCUT2D eigenvalue weighted by molar-refractivity contribution is -0.870. The predicted octanol–water partition coefficient (Wildman–Crippen LogP) is 23.1. The van der Waals surface area contributed by atoms with Gasteiger partial charge in [0.25, 0.3) is 7.82 Å². The summed E-state index contributed by atoms with van der Waals surface area (Å²) in [5.74, 6) is -0.230. The zero-order valence-electron chi connectivity index (χ0n) is 58.1. The van der Waals surface area contributed by atoms with Crippen molar-refractivity contribution >= 4 is 13.7 Å². The van der Waals surface area contributed by atoms with Crippen LogP contribution >= 0.6 is 7.82 Å². The first kappa shape index (κ1) is 85.1. The zero-order chi connectivity index (χ0) is 64.8. The van der Waals surface area contributed by atoms with Crippen molar-refractivity contribution in [2.75, 3.05) is 40.9 Å². The molecule has 0 aliphatic carbocycles. The van der Waals surface area contributed by atoms with E-state index < -0.39 is 26.6 Å².